The van der Waals surface area contributed by atoms with Gasteiger partial charge < -0.3 is 5.11 Å². The molecule has 0 aliphatic heterocycles. The first kappa shape index (κ1) is 19.2. The van der Waals surface area contributed by atoms with Gasteiger partial charge in [0, 0.05) is 5.92 Å². The summed E-state index contributed by atoms with van der Waals surface area (Å²) in [4.78, 5) is 0. The van der Waals surface area contributed by atoms with Gasteiger partial charge in [0.1, 0.15) is 0 Å². The predicted molar refractivity (Wildman–Crippen MR) is 97.6 cm³/mol. The summed E-state index contributed by atoms with van der Waals surface area (Å²) in [6.07, 6.45) is 9.36. The fourth-order valence-corrected chi connectivity index (χ4v) is 3.37. The minimum atomic E-state index is -0.593. The van der Waals surface area contributed by atoms with E-state index in [2.05, 4.69) is 45.9 Å². The molecule has 1 heteroatoms. The minimum absolute atomic E-state index is 0.253. The summed E-state index contributed by atoms with van der Waals surface area (Å²) in [6.45, 7) is 10.8. The standard InChI is InChI=1S/C21H36O/c1-6-8-9-10-11-15-21(5,22)20(12-7-2)19-14-13-17(3)18(4)16-19/h13-14,16,20,22H,6-12,15H2,1-5H3. The summed E-state index contributed by atoms with van der Waals surface area (Å²) in [6, 6.07) is 6.69. The smallest absolute Gasteiger partial charge is 0.0688 e. The Bertz CT molecular complexity index is 434. The lowest BCUT2D eigenvalue weighted by Gasteiger charge is -2.34. The maximum atomic E-state index is 11.1. The number of benzene rings is 1. The van der Waals surface area contributed by atoms with Crippen LogP contribution in [0.5, 0.6) is 0 Å². The highest BCUT2D eigenvalue weighted by Gasteiger charge is 2.31. The average molecular weight is 305 g/mol. The zero-order valence-electron chi connectivity index (χ0n) is 15.4. The molecule has 0 saturated carbocycles. The third kappa shape index (κ3) is 5.76. The Balaban J connectivity index is 2.76. The Labute approximate surface area is 138 Å². The van der Waals surface area contributed by atoms with Crippen LogP contribution in [0.3, 0.4) is 0 Å². The maximum Gasteiger partial charge on any atom is 0.0688 e. The molecule has 2 unspecified atom stereocenters. The van der Waals surface area contributed by atoms with Crippen molar-refractivity contribution in [3.63, 3.8) is 0 Å². The van der Waals surface area contributed by atoms with Crippen LogP contribution in [0.1, 0.15) is 94.7 Å². The molecule has 0 spiro atoms. The number of unbranched alkanes of at least 4 members (excludes halogenated alkanes) is 4. The zero-order chi connectivity index (χ0) is 16.6. The highest BCUT2D eigenvalue weighted by Crippen LogP contribution is 2.36. The maximum absolute atomic E-state index is 11.1. The third-order valence-corrected chi connectivity index (χ3v) is 5.05. The molecular formula is C21H36O. The Morgan fingerprint density at radius 3 is 2.23 bits per heavy atom. The van der Waals surface area contributed by atoms with Crippen molar-refractivity contribution in [2.24, 2.45) is 0 Å². The molecule has 1 aromatic rings. The SMILES string of the molecule is CCCCCCCC(C)(O)C(CCC)c1ccc(C)c(C)c1. The van der Waals surface area contributed by atoms with E-state index in [0.717, 1.165) is 25.7 Å². The summed E-state index contributed by atoms with van der Waals surface area (Å²) >= 11 is 0. The lowest BCUT2D eigenvalue weighted by Crippen LogP contribution is -2.33. The van der Waals surface area contributed by atoms with Gasteiger partial charge in [-0.3, -0.25) is 0 Å². The molecule has 0 amide bonds. The van der Waals surface area contributed by atoms with Gasteiger partial charge in [0.25, 0.3) is 0 Å². The summed E-state index contributed by atoms with van der Waals surface area (Å²) < 4.78 is 0. The molecular weight excluding hydrogens is 268 g/mol. The normalized spacial score (nSPS) is 15.5. The molecule has 1 nitrogen and oxygen atoms in total. The Morgan fingerprint density at radius 2 is 1.64 bits per heavy atom. The Morgan fingerprint density at radius 1 is 0.955 bits per heavy atom. The van der Waals surface area contributed by atoms with Gasteiger partial charge >= 0.3 is 0 Å². The van der Waals surface area contributed by atoms with Crippen LogP contribution >= 0.6 is 0 Å². The van der Waals surface area contributed by atoms with E-state index in [0.29, 0.717) is 0 Å². The average Bonchev–Trinajstić information content (AvgIpc) is 2.47. The fourth-order valence-electron chi connectivity index (χ4n) is 3.37. The highest BCUT2D eigenvalue weighted by molar-refractivity contribution is 5.33. The van der Waals surface area contributed by atoms with Gasteiger partial charge in [-0.25, -0.2) is 0 Å². The molecule has 1 rings (SSSR count). The van der Waals surface area contributed by atoms with Gasteiger partial charge in [-0.1, -0.05) is 70.6 Å². The second-order valence-electron chi connectivity index (χ2n) is 7.21. The summed E-state index contributed by atoms with van der Waals surface area (Å²) in [7, 11) is 0. The quantitative estimate of drug-likeness (QED) is 0.503. The van der Waals surface area contributed by atoms with E-state index in [1.54, 1.807) is 0 Å². The molecule has 0 aliphatic carbocycles. The third-order valence-electron chi connectivity index (χ3n) is 5.05. The van der Waals surface area contributed by atoms with Crippen molar-refractivity contribution in [1.29, 1.82) is 0 Å². The molecule has 22 heavy (non-hydrogen) atoms. The Hall–Kier alpha value is -0.820. The molecule has 0 radical (unpaired) electrons. The van der Waals surface area contributed by atoms with Gasteiger partial charge in [-0.15, -0.1) is 0 Å². The van der Waals surface area contributed by atoms with E-state index < -0.39 is 5.60 Å². The van der Waals surface area contributed by atoms with Crippen molar-refractivity contribution >= 4 is 0 Å². The van der Waals surface area contributed by atoms with Crippen molar-refractivity contribution in [3.8, 4) is 0 Å². The van der Waals surface area contributed by atoms with Crippen LogP contribution in [0.15, 0.2) is 18.2 Å². The monoisotopic (exact) mass is 304 g/mol. The van der Waals surface area contributed by atoms with Crippen LogP contribution in [0.2, 0.25) is 0 Å². The molecule has 2 atom stereocenters. The number of aliphatic hydroxyl groups is 1. The van der Waals surface area contributed by atoms with Gasteiger partial charge in [0.15, 0.2) is 0 Å². The van der Waals surface area contributed by atoms with Crippen LogP contribution < -0.4 is 0 Å². The van der Waals surface area contributed by atoms with E-state index in [-0.39, 0.29) is 5.92 Å². The topological polar surface area (TPSA) is 20.2 Å². The molecule has 0 fully saturated rings. The Kier molecular flexibility index (Phi) is 8.17. The van der Waals surface area contributed by atoms with E-state index in [1.165, 1.54) is 42.4 Å². The molecule has 1 aromatic carbocycles. The summed E-state index contributed by atoms with van der Waals surface area (Å²) in [5.41, 5.74) is 3.38. The predicted octanol–water partition coefficient (Wildman–Crippen LogP) is 6.30. The number of aryl methyl sites for hydroxylation is 2. The summed E-state index contributed by atoms with van der Waals surface area (Å²) in [5, 5.41) is 11.1. The second-order valence-corrected chi connectivity index (χ2v) is 7.21. The lowest BCUT2D eigenvalue weighted by atomic mass is 9.77. The van der Waals surface area contributed by atoms with Gasteiger partial charge in [-0.2, -0.15) is 0 Å². The number of hydrogen-bond acceptors (Lipinski definition) is 1. The van der Waals surface area contributed by atoms with Crippen molar-refractivity contribution in [3.05, 3.63) is 34.9 Å². The van der Waals surface area contributed by atoms with Crippen LogP contribution in [0.25, 0.3) is 0 Å². The first-order chi connectivity index (χ1) is 10.4. The number of rotatable bonds is 10. The van der Waals surface area contributed by atoms with E-state index in [1.807, 2.05) is 6.92 Å². The van der Waals surface area contributed by atoms with Crippen molar-refractivity contribution < 1.29 is 5.11 Å². The molecule has 126 valence electrons. The molecule has 0 aliphatic rings. The number of hydrogen-bond donors (Lipinski definition) is 1. The molecule has 0 saturated heterocycles. The van der Waals surface area contributed by atoms with Gasteiger partial charge in [0.05, 0.1) is 5.60 Å². The summed E-state index contributed by atoms with van der Waals surface area (Å²) in [5.74, 6) is 0.253. The van der Waals surface area contributed by atoms with Crippen LogP contribution in [-0.4, -0.2) is 10.7 Å². The molecule has 0 bridgehead atoms. The second kappa shape index (κ2) is 9.35. The van der Waals surface area contributed by atoms with E-state index in [4.69, 9.17) is 0 Å². The van der Waals surface area contributed by atoms with E-state index >= 15 is 0 Å². The van der Waals surface area contributed by atoms with Gasteiger partial charge in [0.2, 0.25) is 0 Å². The first-order valence-corrected chi connectivity index (χ1v) is 9.22. The van der Waals surface area contributed by atoms with Crippen LogP contribution in [0, 0.1) is 13.8 Å². The lowest BCUT2D eigenvalue weighted by molar-refractivity contribution is 0.0162. The zero-order valence-corrected chi connectivity index (χ0v) is 15.4. The fraction of sp³-hybridized carbons (Fsp3) is 0.714. The van der Waals surface area contributed by atoms with Crippen LogP contribution in [0.4, 0.5) is 0 Å². The van der Waals surface area contributed by atoms with Gasteiger partial charge in [-0.05, 0) is 50.3 Å². The first-order valence-electron chi connectivity index (χ1n) is 9.22. The highest BCUT2D eigenvalue weighted by atomic mass is 16.3. The molecule has 1 N–H and O–H groups in total. The van der Waals surface area contributed by atoms with Crippen LogP contribution in [-0.2, 0) is 0 Å². The minimum Gasteiger partial charge on any atom is -0.390 e. The molecule has 0 heterocycles. The molecule has 0 aromatic heterocycles. The van der Waals surface area contributed by atoms with Crippen molar-refractivity contribution in [1.82, 2.24) is 0 Å². The van der Waals surface area contributed by atoms with E-state index in [9.17, 15) is 5.11 Å². The largest absolute Gasteiger partial charge is 0.390 e. The van der Waals surface area contributed by atoms with Crippen molar-refractivity contribution in [2.75, 3.05) is 0 Å². The van der Waals surface area contributed by atoms with Crippen molar-refractivity contribution in [2.45, 2.75) is 97.5 Å².